The summed E-state index contributed by atoms with van der Waals surface area (Å²) in [7, 11) is -2.39. The number of amides is 2. The molecule has 1 atom stereocenters. The third-order valence-corrected chi connectivity index (χ3v) is 6.44. The highest BCUT2D eigenvalue weighted by Gasteiger charge is 2.31. The van der Waals surface area contributed by atoms with Gasteiger partial charge in [0, 0.05) is 12.6 Å². The number of benzene rings is 2. The Hall–Kier alpha value is -3.07. The van der Waals surface area contributed by atoms with Gasteiger partial charge in [-0.25, -0.2) is 8.42 Å². The van der Waals surface area contributed by atoms with Crippen LogP contribution < -0.4 is 14.4 Å². The molecule has 9 heteroatoms. The molecular formula is C25H35N3O5S. The number of sulfonamides is 1. The predicted molar refractivity (Wildman–Crippen MR) is 134 cm³/mol. The maximum atomic E-state index is 13.6. The van der Waals surface area contributed by atoms with Crippen molar-refractivity contribution in [3.8, 4) is 5.75 Å². The highest BCUT2D eigenvalue weighted by molar-refractivity contribution is 7.92. The molecule has 0 unspecified atom stereocenters. The molecule has 0 radical (unpaired) electrons. The number of rotatable bonds is 10. The fraction of sp³-hybridized carbons (Fsp3) is 0.440. The number of hydrogen-bond acceptors (Lipinski definition) is 5. The largest absolute Gasteiger partial charge is 0.495 e. The van der Waals surface area contributed by atoms with Crippen LogP contribution in [0.2, 0.25) is 0 Å². The number of ether oxygens (including phenoxy) is 1. The van der Waals surface area contributed by atoms with Gasteiger partial charge in [0.25, 0.3) is 0 Å². The van der Waals surface area contributed by atoms with Gasteiger partial charge in [-0.15, -0.1) is 0 Å². The van der Waals surface area contributed by atoms with Crippen LogP contribution in [0, 0.1) is 13.8 Å². The van der Waals surface area contributed by atoms with Crippen LogP contribution in [0.15, 0.2) is 42.5 Å². The van der Waals surface area contributed by atoms with E-state index in [0.29, 0.717) is 5.75 Å². The number of nitrogens with zero attached hydrogens (tertiary/aromatic N) is 2. The molecular weight excluding hydrogens is 454 g/mol. The zero-order valence-corrected chi connectivity index (χ0v) is 21.8. The van der Waals surface area contributed by atoms with Crippen molar-refractivity contribution in [1.82, 2.24) is 10.2 Å². The topological polar surface area (TPSA) is 96.0 Å². The van der Waals surface area contributed by atoms with Gasteiger partial charge in [-0.2, -0.15) is 0 Å². The van der Waals surface area contributed by atoms with Crippen molar-refractivity contribution in [1.29, 1.82) is 0 Å². The first-order chi connectivity index (χ1) is 15.8. The van der Waals surface area contributed by atoms with Gasteiger partial charge in [0.05, 0.1) is 19.1 Å². The Morgan fingerprint density at radius 3 is 2.24 bits per heavy atom. The first-order valence-corrected chi connectivity index (χ1v) is 13.0. The second-order valence-corrected chi connectivity index (χ2v) is 10.7. The number of hydrogen-bond donors (Lipinski definition) is 1. The van der Waals surface area contributed by atoms with Gasteiger partial charge in [0.1, 0.15) is 18.3 Å². The molecule has 34 heavy (non-hydrogen) atoms. The fourth-order valence-corrected chi connectivity index (χ4v) is 4.43. The molecule has 0 aliphatic heterocycles. The summed E-state index contributed by atoms with van der Waals surface area (Å²) in [5.74, 6) is -0.475. The second kappa shape index (κ2) is 11.4. The average Bonchev–Trinajstić information content (AvgIpc) is 2.74. The van der Waals surface area contributed by atoms with E-state index in [9.17, 15) is 18.0 Å². The SMILES string of the molecule is COc1ccc(C)cc1N(CC(=O)N(Cc1cccc(C)c1)[C@@H](C)C(=O)NC(C)C)S(C)(=O)=O. The Bertz CT molecular complexity index is 1130. The summed E-state index contributed by atoms with van der Waals surface area (Å²) in [6.45, 7) is 8.79. The minimum absolute atomic E-state index is 0.102. The molecule has 0 aliphatic carbocycles. The van der Waals surface area contributed by atoms with Crippen molar-refractivity contribution in [2.45, 2.75) is 53.2 Å². The standard InChI is InChI=1S/C25H35N3O5S/c1-17(2)26-25(30)20(5)27(15-21-10-8-9-18(3)13-21)24(29)16-28(34(7,31)32)22-14-19(4)11-12-23(22)33-6/h8-14,17,20H,15-16H2,1-7H3,(H,26,30)/t20-/m0/s1. The van der Waals surface area contributed by atoms with E-state index < -0.39 is 28.5 Å². The van der Waals surface area contributed by atoms with E-state index >= 15 is 0 Å². The smallest absolute Gasteiger partial charge is 0.244 e. The molecule has 0 spiro atoms. The van der Waals surface area contributed by atoms with E-state index in [4.69, 9.17) is 4.74 Å². The molecule has 0 fully saturated rings. The van der Waals surface area contributed by atoms with Gasteiger partial charge >= 0.3 is 0 Å². The summed E-state index contributed by atoms with van der Waals surface area (Å²) in [4.78, 5) is 27.8. The van der Waals surface area contributed by atoms with Gasteiger partial charge in [0.2, 0.25) is 21.8 Å². The number of carbonyl (C=O) groups excluding carboxylic acids is 2. The van der Waals surface area contributed by atoms with E-state index in [2.05, 4.69) is 5.32 Å². The molecule has 0 saturated carbocycles. The molecule has 2 rings (SSSR count). The molecule has 2 aromatic carbocycles. The van der Waals surface area contributed by atoms with E-state index in [0.717, 1.165) is 27.3 Å². The summed E-state index contributed by atoms with van der Waals surface area (Å²) in [5, 5.41) is 2.83. The van der Waals surface area contributed by atoms with Crippen LogP contribution in [0.3, 0.4) is 0 Å². The quantitative estimate of drug-likeness (QED) is 0.554. The van der Waals surface area contributed by atoms with Gasteiger partial charge < -0.3 is 15.0 Å². The van der Waals surface area contributed by atoms with Crippen LogP contribution in [-0.2, 0) is 26.2 Å². The highest BCUT2D eigenvalue weighted by atomic mass is 32.2. The summed E-state index contributed by atoms with van der Waals surface area (Å²) in [5.41, 5.74) is 2.95. The van der Waals surface area contributed by atoms with Gasteiger partial charge in [-0.1, -0.05) is 35.9 Å². The lowest BCUT2D eigenvalue weighted by molar-refractivity contribution is -0.139. The number of carbonyl (C=O) groups is 2. The van der Waals surface area contributed by atoms with Crippen molar-refractivity contribution < 1.29 is 22.7 Å². The monoisotopic (exact) mass is 489 g/mol. The molecule has 8 nitrogen and oxygen atoms in total. The average molecular weight is 490 g/mol. The maximum Gasteiger partial charge on any atom is 0.244 e. The Morgan fingerprint density at radius 1 is 1.03 bits per heavy atom. The van der Waals surface area contributed by atoms with Crippen molar-refractivity contribution in [2.24, 2.45) is 0 Å². The minimum atomic E-state index is -3.84. The van der Waals surface area contributed by atoms with E-state index in [1.165, 1.54) is 12.0 Å². The highest BCUT2D eigenvalue weighted by Crippen LogP contribution is 2.31. The Morgan fingerprint density at radius 2 is 1.68 bits per heavy atom. The van der Waals surface area contributed by atoms with Crippen molar-refractivity contribution in [3.05, 3.63) is 59.2 Å². The normalized spacial score (nSPS) is 12.2. The van der Waals surface area contributed by atoms with E-state index in [-0.39, 0.29) is 24.2 Å². The molecule has 1 N–H and O–H groups in total. The molecule has 0 aromatic heterocycles. The molecule has 0 heterocycles. The third kappa shape index (κ3) is 7.21. The number of methoxy groups -OCH3 is 1. The fourth-order valence-electron chi connectivity index (χ4n) is 3.58. The first kappa shape index (κ1) is 27.2. The molecule has 0 bridgehead atoms. The Labute approximate surface area is 202 Å². The van der Waals surface area contributed by atoms with E-state index in [1.54, 1.807) is 25.1 Å². The lowest BCUT2D eigenvalue weighted by atomic mass is 10.1. The summed E-state index contributed by atoms with van der Waals surface area (Å²) < 4.78 is 31.9. The van der Waals surface area contributed by atoms with Gasteiger partial charge in [0.15, 0.2) is 0 Å². The Balaban J connectivity index is 2.47. The van der Waals surface area contributed by atoms with Crippen molar-refractivity contribution in [3.63, 3.8) is 0 Å². The molecule has 0 aliphatic rings. The molecule has 186 valence electrons. The number of aryl methyl sites for hydroxylation is 2. The van der Waals surface area contributed by atoms with Gasteiger partial charge in [-0.05, 0) is 57.9 Å². The predicted octanol–water partition coefficient (Wildman–Crippen LogP) is 3.02. The summed E-state index contributed by atoms with van der Waals surface area (Å²) in [6.07, 6.45) is 1.04. The molecule has 0 saturated heterocycles. The van der Waals surface area contributed by atoms with Crippen LogP contribution >= 0.6 is 0 Å². The maximum absolute atomic E-state index is 13.6. The van der Waals surface area contributed by atoms with E-state index in [1.807, 2.05) is 52.0 Å². The number of nitrogens with one attached hydrogen (secondary N) is 1. The first-order valence-electron chi connectivity index (χ1n) is 11.1. The second-order valence-electron chi connectivity index (χ2n) is 8.79. The zero-order chi connectivity index (χ0) is 25.6. The minimum Gasteiger partial charge on any atom is -0.495 e. The van der Waals surface area contributed by atoms with Crippen molar-refractivity contribution in [2.75, 3.05) is 24.2 Å². The van der Waals surface area contributed by atoms with Crippen LogP contribution in [0.25, 0.3) is 0 Å². The zero-order valence-electron chi connectivity index (χ0n) is 21.0. The molecule has 2 amide bonds. The van der Waals surface area contributed by atoms with Crippen molar-refractivity contribution >= 4 is 27.5 Å². The summed E-state index contributed by atoms with van der Waals surface area (Å²) in [6, 6.07) is 11.8. The third-order valence-electron chi connectivity index (χ3n) is 5.32. The summed E-state index contributed by atoms with van der Waals surface area (Å²) >= 11 is 0. The number of anilines is 1. The lowest BCUT2D eigenvalue weighted by Gasteiger charge is -2.32. The Kier molecular flexibility index (Phi) is 9.09. The van der Waals surface area contributed by atoms with Gasteiger partial charge in [-0.3, -0.25) is 13.9 Å². The van der Waals surface area contributed by atoms with Crippen LogP contribution in [-0.4, -0.2) is 57.1 Å². The van der Waals surface area contributed by atoms with Crippen LogP contribution in [0.5, 0.6) is 5.75 Å². The molecule has 2 aromatic rings. The van der Waals surface area contributed by atoms with Crippen LogP contribution in [0.1, 0.15) is 37.5 Å². The lowest BCUT2D eigenvalue weighted by Crippen LogP contribution is -2.52. The van der Waals surface area contributed by atoms with Crippen LogP contribution in [0.4, 0.5) is 5.69 Å².